The summed E-state index contributed by atoms with van der Waals surface area (Å²) < 4.78 is 5.54. The highest BCUT2D eigenvalue weighted by atomic mass is 32.2. The molecule has 0 aliphatic heterocycles. The Hall–Kier alpha value is -3.00. The lowest BCUT2D eigenvalue weighted by Crippen LogP contribution is -2.45. The monoisotopic (exact) mass is 484 g/mol. The molecule has 2 amide bonds. The second-order valence-electron chi connectivity index (χ2n) is 9.00. The van der Waals surface area contributed by atoms with Gasteiger partial charge < -0.3 is 20.1 Å². The number of carbonyl (C=O) groups is 3. The largest absolute Gasteiger partial charge is 0.480 e. The first-order valence-corrected chi connectivity index (χ1v) is 12.7. The van der Waals surface area contributed by atoms with Gasteiger partial charge in [0, 0.05) is 30.2 Å². The molecule has 1 aliphatic rings. The third-order valence-electron chi connectivity index (χ3n) is 6.12. The number of thioether (sulfide) groups is 1. The van der Waals surface area contributed by atoms with Crippen molar-refractivity contribution in [3.8, 4) is 11.1 Å². The number of carbonyl (C=O) groups excluding carboxylic acids is 2. The summed E-state index contributed by atoms with van der Waals surface area (Å²) in [6.45, 7) is 4.05. The van der Waals surface area contributed by atoms with Crippen molar-refractivity contribution < 1.29 is 24.2 Å². The minimum Gasteiger partial charge on any atom is -0.480 e. The van der Waals surface area contributed by atoms with Gasteiger partial charge in [0.2, 0.25) is 5.91 Å². The van der Waals surface area contributed by atoms with E-state index in [4.69, 9.17) is 9.84 Å². The highest BCUT2D eigenvalue weighted by Gasteiger charge is 2.33. The predicted octanol–water partition coefficient (Wildman–Crippen LogP) is 4.22. The standard InChI is InChI=1S/C26H32N2O5S/c1-26(2,24(31)28(14-15-34-3)16-23(29)30)12-13-27-25(32)33-17-22-20-10-6-4-8-18(20)19-9-5-7-11-21(19)22/h4-11,22H,12-17H2,1-3H3,(H,27,32)(H,29,30). The van der Waals surface area contributed by atoms with Crippen LogP contribution in [0.5, 0.6) is 0 Å². The van der Waals surface area contributed by atoms with Crippen molar-refractivity contribution in [2.75, 3.05) is 38.2 Å². The lowest BCUT2D eigenvalue weighted by molar-refractivity contribution is -0.148. The van der Waals surface area contributed by atoms with Crippen molar-refractivity contribution in [2.24, 2.45) is 5.41 Å². The van der Waals surface area contributed by atoms with E-state index < -0.39 is 17.5 Å². The molecule has 1 aliphatic carbocycles. The molecule has 2 N–H and O–H groups in total. The van der Waals surface area contributed by atoms with Crippen molar-refractivity contribution >= 4 is 29.7 Å². The second-order valence-corrected chi connectivity index (χ2v) is 9.99. The molecule has 0 aromatic heterocycles. The zero-order valence-corrected chi connectivity index (χ0v) is 20.7. The summed E-state index contributed by atoms with van der Waals surface area (Å²) in [6.07, 6.45) is 1.74. The number of hydrogen-bond donors (Lipinski definition) is 2. The number of rotatable bonds is 11. The van der Waals surface area contributed by atoms with Gasteiger partial charge in [-0.25, -0.2) is 4.79 Å². The Labute approximate surface area is 204 Å². The third-order valence-corrected chi connectivity index (χ3v) is 6.71. The van der Waals surface area contributed by atoms with E-state index in [2.05, 4.69) is 29.6 Å². The van der Waals surface area contributed by atoms with E-state index in [9.17, 15) is 14.4 Å². The number of nitrogens with one attached hydrogen (secondary N) is 1. The number of aliphatic carboxylic acids is 1. The van der Waals surface area contributed by atoms with E-state index in [0.29, 0.717) is 18.7 Å². The predicted molar refractivity (Wildman–Crippen MR) is 134 cm³/mol. The molecule has 3 rings (SSSR count). The van der Waals surface area contributed by atoms with Crippen LogP contribution in [-0.4, -0.2) is 66.2 Å². The lowest BCUT2D eigenvalue weighted by atomic mass is 9.87. The second kappa shape index (κ2) is 11.4. The van der Waals surface area contributed by atoms with Crippen LogP contribution in [0.3, 0.4) is 0 Å². The van der Waals surface area contributed by atoms with E-state index in [1.165, 1.54) is 16.0 Å². The first-order valence-electron chi connectivity index (χ1n) is 11.3. The Morgan fingerprint density at radius 3 is 2.21 bits per heavy atom. The van der Waals surface area contributed by atoms with Crippen LogP contribution in [-0.2, 0) is 14.3 Å². The number of ether oxygens (including phenoxy) is 1. The molecule has 0 spiro atoms. The van der Waals surface area contributed by atoms with Crippen molar-refractivity contribution in [2.45, 2.75) is 26.2 Å². The molecule has 0 unspecified atom stereocenters. The van der Waals surface area contributed by atoms with Crippen molar-refractivity contribution in [3.05, 3.63) is 59.7 Å². The van der Waals surface area contributed by atoms with Crippen LogP contribution in [0.4, 0.5) is 4.79 Å². The van der Waals surface area contributed by atoms with Gasteiger partial charge in [-0.3, -0.25) is 9.59 Å². The van der Waals surface area contributed by atoms with E-state index in [0.717, 1.165) is 11.1 Å². The smallest absolute Gasteiger partial charge is 0.407 e. The zero-order chi connectivity index (χ0) is 24.7. The number of benzene rings is 2. The molecule has 0 fully saturated rings. The summed E-state index contributed by atoms with van der Waals surface area (Å²) in [7, 11) is 0. The Morgan fingerprint density at radius 1 is 1.06 bits per heavy atom. The Bertz CT molecular complexity index is 994. The van der Waals surface area contributed by atoms with E-state index in [-0.39, 0.29) is 31.5 Å². The van der Waals surface area contributed by atoms with E-state index >= 15 is 0 Å². The van der Waals surface area contributed by atoms with Gasteiger partial charge >= 0.3 is 12.1 Å². The summed E-state index contributed by atoms with van der Waals surface area (Å²) in [6, 6.07) is 16.3. The Kier molecular flexibility index (Phi) is 8.61. The van der Waals surface area contributed by atoms with Gasteiger partial charge in [-0.1, -0.05) is 62.4 Å². The number of carboxylic acid groups (broad SMARTS) is 1. The van der Waals surface area contributed by atoms with Gasteiger partial charge in [0.05, 0.1) is 0 Å². The van der Waals surface area contributed by atoms with Crippen LogP contribution < -0.4 is 5.32 Å². The number of nitrogens with zero attached hydrogens (tertiary/aromatic N) is 1. The van der Waals surface area contributed by atoms with Crippen LogP contribution in [0.25, 0.3) is 11.1 Å². The third kappa shape index (κ3) is 6.11. The van der Waals surface area contributed by atoms with Crippen molar-refractivity contribution in [3.63, 3.8) is 0 Å². The van der Waals surface area contributed by atoms with Crippen LogP contribution in [0.2, 0.25) is 0 Å². The van der Waals surface area contributed by atoms with Gasteiger partial charge in [-0.05, 0) is 34.9 Å². The summed E-state index contributed by atoms with van der Waals surface area (Å²) in [5.41, 5.74) is 3.81. The van der Waals surface area contributed by atoms with Crippen LogP contribution >= 0.6 is 11.8 Å². The molecule has 2 aromatic carbocycles. The minimum atomic E-state index is -1.04. The molecule has 182 valence electrons. The summed E-state index contributed by atoms with van der Waals surface area (Å²) in [5.74, 6) is -0.634. The molecule has 8 heteroatoms. The van der Waals surface area contributed by atoms with E-state index in [1.54, 1.807) is 25.6 Å². The summed E-state index contributed by atoms with van der Waals surface area (Å²) in [5, 5.41) is 11.9. The zero-order valence-electron chi connectivity index (χ0n) is 19.9. The molecule has 0 bridgehead atoms. The number of fused-ring (bicyclic) bond motifs is 3. The normalized spacial score (nSPS) is 12.6. The topological polar surface area (TPSA) is 95.9 Å². The molecule has 0 saturated carbocycles. The highest BCUT2D eigenvalue weighted by Crippen LogP contribution is 2.44. The lowest BCUT2D eigenvalue weighted by Gasteiger charge is -2.31. The molecular weight excluding hydrogens is 452 g/mol. The highest BCUT2D eigenvalue weighted by molar-refractivity contribution is 7.98. The maximum Gasteiger partial charge on any atom is 0.407 e. The SMILES string of the molecule is CSCCN(CC(=O)O)C(=O)C(C)(C)CCNC(=O)OCC1c2ccccc2-c2ccccc21. The first kappa shape index (κ1) is 25.6. The molecule has 0 atom stereocenters. The average Bonchev–Trinajstić information content (AvgIpc) is 3.13. The van der Waals surface area contributed by atoms with Gasteiger partial charge in [-0.15, -0.1) is 0 Å². The van der Waals surface area contributed by atoms with Crippen molar-refractivity contribution in [1.29, 1.82) is 0 Å². The Morgan fingerprint density at radius 2 is 1.65 bits per heavy atom. The molecule has 0 radical (unpaired) electrons. The van der Waals surface area contributed by atoms with Gasteiger partial charge in [-0.2, -0.15) is 11.8 Å². The fourth-order valence-electron chi connectivity index (χ4n) is 4.28. The number of carboxylic acids is 1. The van der Waals surface area contributed by atoms with Gasteiger partial charge in [0.1, 0.15) is 13.2 Å². The average molecular weight is 485 g/mol. The van der Waals surface area contributed by atoms with Crippen LogP contribution in [0, 0.1) is 5.41 Å². The first-order chi connectivity index (χ1) is 16.2. The van der Waals surface area contributed by atoms with Crippen LogP contribution in [0.15, 0.2) is 48.5 Å². The molecule has 7 nitrogen and oxygen atoms in total. The number of alkyl carbamates (subject to hydrolysis) is 1. The maximum atomic E-state index is 12.9. The molecule has 34 heavy (non-hydrogen) atoms. The fraction of sp³-hybridized carbons (Fsp3) is 0.423. The van der Waals surface area contributed by atoms with Gasteiger partial charge in [0.15, 0.2) is 0 Å². The molecule has 0 saturated heterocycles. The van der Waals surface area contributed by atoms with Gasteiger partial charge in [0.25, 0.3) is 0 Å². The van der Waals surface area contributed by atoms with Crippen molar-refractivity contribution in [1.82, 2.24) is 10.2 Å². The fourth-order valence-corrected chi connectivity index (χ4v) is 4.68. The summed E-state index contributed by atoms with van der Waals surface area (Å²) >= 11 is 1.55. The molecular formula is C26H32N2O5S. The maximum absolute atomic E-state index is 12.9. The quantitative estimate of drug-likeness (QED) is 0.496. The number of amides is 2. The number of hydrogen-bond acceptors (Lipinski definition) is 5. The molecule has 0 heterocycles. The van der Waals surface area contributed by atoms with E-state index in [1.807, 2.05) is 30.5 Å². The Balaban J connectivity index is 1.52. The van der Waals surface area contributed by atoms with Crippen LogP contribution in [0.1, 0.15) is 37.3 Å². The minimum absolute atomic E-state index is 0.0165. The summed E-state index contributed by atoms with van der Waals surface area (Å²) in [4.78, 5) is 37.9. The molecule has 2 aromatic rings.